The highest BCUT2D eigenvalue weighted by molar-refractivity contribution is 5.71. The van der Waals surface area contributed by atoms with Gasteiger partial charge in [0.2, 0.25) is 0 Å². The second-order valence-corrected chi connectivity index (χ2v) is 6.57. The van der Waals surface area contributed by atoms with Crippen molar-refractivity contribution in [1.29, 1.82) is 5.26 Å². The van der Waals surface area contributed by atoms with Crippen LogP contribution >= 0.6 is 0 Å². The third kappa shape index (κ3) is 3.96. The number of alkyl carbamates (subject to hydrolysis) is 1. The number of nitriles is 1. The fourth-order valence-electron chi connectivity index (χ4n) is 3.14. The Bertz CT molecular complexity index is 1240. The van der Waals surface area contributed by atoms with Gasteiger partial charge in [-0.1, -0.05) is 24.0 Å². The zero-order chi connectivity index (χ0) is 21.1. The van der Waals surface area contributed by atoms with E-state index in [1.165, 1.54) is 6.07 Å². The molecule has 1 N–H and O–H groups in total. The maximum Gasteiger partial charge on any atom is 0.408 e. The van der Waals surface area contributed by atoms with E-state index in [1.807, 2.05) is 0 Å². The zero-order valence-electron chi connectivity index (χ0n) is 15.4. The van der Waals surface area contributed by atoms with Gasteiger partial charge >= 0.3 is 6.09 Å². The van der Waals surface area contributed by atoms with E-state index in [2.05, 4.69) is 28.2 Å². The molecule has 0 aliphatic carbocycles. The molecule has 1 aliphatic rings. The monoisotopic (exact) mass is 401 g/mol. The Morgan fingerprint density at radius 2 is 1.73 bits per heavy atom. The van der Waals surface area contributed by atoms with Crippen LogP contribution in [0.25, 0.3) is 0 Å². The van der Waals surface area contributed by atoms with Crippen LogP contribution in [0.1, 0.15) is 40.0 Å². The van der Waals surface area contributed by atoms with Crippen LogP contribution < -0.4 is 5.32 Å². The molecule has 0 bridgehead atoms. The lowest BCUT2D eigenvalue weighted by Crippen LogP contribution is -2.20. The van der Waals surface area contributed by atoms with Gasteiger partial charge < -0.3 is 10.1 Å². The molecule has 2 heterocycles. The Hall–Kier alpha value is -4.23. The second-order valence-electron chi connectivity index (χ2n) is 6.57. The molecule has 1 saturated heterocycles. The molecule has 1 fully saturated rings. The Labute approximate surface area is 170 Å². The first kappa shape index (κ1) is 19.1. The van der Waals surface area contributed by atoms with Crippen LogP contribution in [0, 0.1) is 34.8 Å². The van der Waals surface area contributed by atoms with Crippen molar-refractivity contribution in [2.24, 2.45) is 0 Å². The quantitative estimate of drug-likeness (QED) is 0.655. The van der Waals surface area contributed by atoms with Crippen molar-refractivity contribution in [3.63, 3.8) is 0 Å². The molecule has 1 aromatic heterocycles. The highest BCUT2D eigenvalue weighted by Crippen LogP contribution is 2.37. The van der Waals surface area contributed by atoms with Crippen LogP contribution in [-0.2, 0) is 4.74 Å². The maximum atomic E-state index is 13.7. The van der Waals surface area contributed by atoms with Crippen LogP contribution in [0.2, 0.25) is 0 Å². The van der Waals surface area contributed by atoms with Crippen LogP contribution in [0.15, 0.2) is 60.9 Å². The summed E-state index contributed by atoms with van der Waals surface area (Å²) < 4.78 is 32.2. The van der Waals surface area contributed by atoms with Gasteiger partial charge in [-0.2, -0.15) is 5.26 Å². The third-order valence-corrected chi connectivity index (χ3v) is 4.54. The van der Waals surface area contributed by atoms with Crippen LogP contribution in [-0.4, -0.2) is 11.1 Å². The average molecular weight is 401 g/mol. The molecule has 4 rings (SSSR count). The highest BCUT2D eigenvalue weighted by atomic mass is 19.2. The maximum absolute atomic E-state index is 13.7. The third-order valence-electron chi connectivity index (χ3n) is 4.54. The number of hydrogen-bond donors (Lipinski definition) is 1. The van der Waals surface area contributed by atoms with Crippen LogP contribution in [0.3, 0.4) is 0 Å². The first-order valence-corrected chi connectivity index (χ1v) is 8.93. The van der Waals surface area contributed by atoms with Crippen molar-refractivity contribution in [2.75, 3.05) is 0 Å². The lowest BCUT2D eigenvalue weighted by Gasteiger charge is -2.17. The molecule has 5 nitrogen and oxygen atoms in total. The molecular formula is C23H13F2N3O2. The van der Waals surface area contributed by atoms with Gasteiger partial charge in [-0.15, -0.1) is 0 Å². The number of benzene rings is 2. The number of rotatable bonds is 2. The van der Waals surface area contributed by atoms with Crippen molar-refractivity contribution in [2.45, 2.75) is 12.1 Å². The summed E-state index contributed by atoms with van der Waals surface area (Å²) >= 11 is 0. The molecule has 0 saturated carbocycles. The van der Waals surface area contributed by atoms with Crippen LogP contribution in [0.4, 0.5) is 13.6 Å². The van der Waals surface area contributed by atoms with E-state index < -0.39 is 29.9 Å². The smallest absolute Gasteiger partial charge is 0.408 e. The minimum absolute atomic E-state index is 0.321. The number of halogens is 2. The predicted molar refractivity (Wildman–Crippen MR) is 103 cm³/mol. The summed E-state index contributed by atoms with van der Waals surface area (Å²) in [6, 6.07) is 13.4. The van der Waals surface area contributed by atoms with Crippen molar-refractivity contribution in [1.82, 2.24) is 10.3 Å². The lowest BCUT2D eigenvalue weighted by atomic mass is 9.96. The standard InChI is InChI=1S/C23H13F2N3O2/c24-19-7-6-17(10-20(19)25)22-21(28-23(29)30-22)18-9-16(12-27-13-18)5-4-14-2-1-3-15(8-14)11-26/h1-3,6-10,12-13,21-22H,(H,28,29)/t21-,22-/m1/s1. The molecule has 2 aromatic carbocycles. The molecule has 2 atom stereocenters. The summed E-state index contributed by atoms with van der Waals surface area (Å²) in [6.07, 6.45) is 1.60. The fraction of sp³-hybridized carbons (Fsp3) is 0.0870. The fourth-order valence-corrected chi connectivity index (χ4v) is 3.14. The van der Waals surface area contributed by atoms with Gasteiger partial charge in [-0.05, 0) is 47.5 Å². The molecule has 1 amide bonds. The van der Waals surface area contributed by atoms with Gasteiger partial charge in [0.1, 0.15) is 6.04 Å². The first-order valence-electron chi connectivity index (χ1n) is 8.93. The minimum atomic E-state index is -1.02. The number of ether oxygens (including phenoxy) is 1. The molecule has 30 heavy (non-hydrogen) atoms. The molecule has 3 aromatic rings. The lowest BCUT2D eigenvalue weighted by molar-refractivity contribution is 0.132. The van der Waals surface area contributed by atoms with Gasteiger partial charge in [0.25, 0.3) is 0 Å². The molecule has 0 unspecified atom stereocenters. The number of cyclic esters (lactones) is 1. The van der Waals surface area contributed by atoms with Gasteiger partial charge in [-0.3, -0.25) is 4.98 Å². The number of aromatic nitrogens is 1. The van der Waals surface area contributed by atoms with Crippen molar-refractivity contribution in [3.05, 3.63) is 100 Å². The molecule has 7 heteroatoms. The molecular weight excluding hydrogens is 388 g/mol. The number of carbonyl (C=O) groups excluding carboxylic acids is 1. The van der Waals surface area contributed by atoms with Gasteiger partial charge in [0.05, 0.1) is 11.6 Å². The number of nitrogens with zero attached hydrogens (tertiary/aromatic N) is 2. The summed E-state index contributed by atoms with van der Waals surface area (Å²) in [4.78, 5) is 16.0. The highest BCUT2D eigenvalue weighted by Gasteiger charge is 2.37. The molecule has 0 spiro atoms. The van der Waals surface area contributed by atoms with E-state index >= 15 is 0 Å². The molecule has 146 valence electrons. The largest absolute Gasteiger partial charge is 0.439 e. The first-order chi connectivity index (χ1) is 14.5. The minimum Gasteiger partial charge on any atom is -0.439 e. The SMILES string of the molecule is N#Cc1cccc(C#Cc2cncc([C@H]3NC(=O)O[C@@H]3c3ccc(F)c(F)c3)c2)c1. The van der Waals surface area contributed by atoms with E-state index in [4.69, 9.17) is 10.00 Å². The summed E-state index contributed by atoms with van der Waals surface area (Å²) in [5.74, 6) is 3.94. The summed E-state index contributed by atoms with van der Waals surface area (Å²) in [5.41, 5.74) is 2.70. The van der Waals surface area contributed by atoms with E-state index in [0.29, 0.717) is 27.8 Å². The number of hydrogen-bond acceptors (Lipinski definition) is 4. The molecule has 1 aliphatic heterocycles. The van der Waals surface area contributed by atoms with Crippen molar-refractivity contribution < 1.29 is 18.3 Å². The van der Waals surface area contributed by atoms with Crippen LogP contribution in [0.5, 0.6) is 0 Å². The number of nitrogens with one attached hydrogen (secondary N) is 1. The number of pyridine rings is 1. The van der Waals surface area contributed by atoms with E-state index in [0.717, 1.165) is 12.1 Å². The average Bonchev–Trinajstić information content (AvgIpc) is 3.16. The zero-order valence-corrected chi connectivity index (χ0v) is 15.4. The topological polar surface area (TPSA) is 75.0 Å². The summed E-state index contributed by atoms with van der Waals surface area (Å²) in [5, 5.41) is 11.6. The van der Waals surface area contributed by atoms with Gasteiger partial charge in [-0.25, -0.2) is 13.6 Å². The predicted octanol–water partition coefficient (Wildman–Crippen LogP) is 4.15. The van der Waals surface area contributed by atoms with E-state index in [9.17, 15) is 13.6 Å². The Morgan fingerprint density at radius 1 is 0.933 bits per heavy atom. The molecule has 0 radical (unpaired) electrons. The Morgan fingerprint density at radius 3 is 2.53 bits per heavy atom. The Balaban J connectivity index is 1.64. The van der Waals surface area contributed by atoms with Gasteiger partial charge in [0.15, 0.2) is 17.7 Å². The normalized spacial score (nSPS) is 17.3. The van der Waals surface area contributed by atoms with E-state index in [-0.39, 0.29) is 0 Å². The van der Waals surface area contributed by atoms with Crippen molar-refractivity contribution >= 4 is 6.09 Å². The van der Waals surface area contributed by atoms with E-state index in [1.54, 1.807) is 42.7 Å². The Kier molecular flexibility index (Phi) is 5.11. The van der Waals surface area contributed by atoms with Crippen molar-refractivity contribution in [3.8, 4) is 17.9 Å². The number of amides is 1. The summed E-state index contributed by atoms with van der Waals surface area (Å²) in [6.45, 7) is 0. The van der Waals surface area contributed by atoms with Gasteiger partial charge in [0, 0.05) is 23.5 Å². The second kappa shape index (κ2) is 8.02. The summed E-state index contributed by atoms with van der Waals surface area (Å²) in [7, 11) is 0. The number of carbonyl (C=O) groups is 1.